The van der Waals surface area contributed by atoms with E-state index in [0.29, 0.717) is 12.2 Å². The number of fused-ring (bicyclic) bond motifs is 1. The second-order valence-corrected chi connectivity index (χ2v) is 3.46. The average Bonchev–Trinajstić information content (AvgIpc) is 2.48. The van der Waals surface area contributed by atoms with E-state index >= 15 is 0 Å². The van der Waals surface area contributed by atoms with Crippen molar-refractivity contribution in [3.63, 3.8) is 0 Å². The van der Waals surface area contributed by atoms with E-state index in [1.165, 1.54) is 12.3 Å². The first-order valence-electron chi connectivity index (χ1n) is 3.84. The molecule has 2 heterocycles. The Hall–Kier alpha value is -1.22. The van der Waals surface area contributed by atoms with Gasteiger partial charge in [0.2, 0.25) is 0 Å². The zero-order valence-electron chi connectivity index (χ0n) is 6.80. The van der Waals surface area contributed by atoms with Gasteiger partial charge in [-0.1, -0.05) is 0 Å². The first kappa shape index (κ1) is 8.38. The molecule has 0 N–H and O–H groups in total. The van der Waals surface area contributed by atoms with Crippen molar-refractivity contribution in [2.24, 2.45) is 0 Å². The highest BCUT2D eigenvalue weighted by molar-refractivity contribution is 7.19. The maximum atomic E-state index is 10.6. The third-order valence-corrected chi connectivity index (χ3v) is 2.58. The van der Waals surface area contributed by atoms with Gasteiger partial charge in [0.15, 0.2) is 0 Å². The largest absolute Gasteiger partial charge is 0.340 e. The Kier molecular flexibility index (Phi) is 1.88. The molecule has 13 heavy (non-hydrogen) atoms. The fourth-order valence-corrected chi connectivity index (χ4v) is 1.82. The Balaban J connectivity index is 2.57. The van der Waals surface area contributed by atoms with Gasteiger partial charge in [-0.2, -0.15) is 0 Å². The van der Waals surface area contributed by atoms with E-state index in [4.69, 9.17) is 0 Å². The van der Waals surface area contributed by atoms with Crippen LogP contribution in [0.4, 0.5) is 11.5 Å². The molecule has 1 aliphatic heterocycles. The highest BCUT2D eigenvalue weighted by Gasteiger charge is 2.25. The van der Waals surface area contributed by atoms with Gasteiger partial charge >= 0.3 is 0 Å². The van der Waals surface area contributed by atoms with E-state index in [1.54, 1.807) is 0 Å². The maximum absolute atomic E-state index is 10.6. The van der Waals surface area contributed by atoms with E-state index in [0.717, 1.165) is 12.1 Å². The number of aromatic nitrogens is 1. The Morgan fingerprint density at radius 3 is 3.15 bits per heavy atom. The zero-order chi connectivity index (χ0) is 9.42. The lowest BCUT2D eigenvalue weighted by Crippen LogP contribution is -2.04. The fourth-order valence-electron chi connectivity index (χ4n) is 1.47. The summed E-state index contributed by atoms with van der Waals surface area (Å²) in [7, 11) is 2.50. The lowest BCUT2D eigenvalue weighted by molar-refractivity contribution is -0.385. The molecule has 0 fully saturated rings. The van der Waals surface area contributed by atoms with Crippen LogP contribution in [0.2, 0.25) is 0 Å². The van der Waals surface area contributed by atoms with Crippen molar-refractivity contribution in [3.8, 4) is 0 Å². The van der Waals surface area contributed by atoms with Gasteiger partial charge in [-0.15, -0.1) is 0 Å². The van der Waals surface area contributed by atoms with E-state index in [2.05, 4.69) is 14.4 Å². The minimum absolute atomic E-state index is 0.176. The van der Waals surface area contributed by atoms with Crippen LogP contribution in [0.5, 0.6) is 0 Å². The van der Waals surface area contributed by atoms with Crippen LogP contribution in [0.3, 0.4) is 0 Å². The number of hydrogen-bond donors (Lipinski definition) is 0. The van der Waals surface area contributed by atoms with Gasteiger partial charge in [-0.25, -0.2) is 4.98 Å². The second-order valence-electron chi connectivity index (χ2n) is 2.83. The highest BCUT2D eigenvalue weighted by Crippen LogP contribution is 2.34. The summed E-state index contributed by atoms with van der Waals surface area (Å²) < 4.78 is 1.85. The molecule has 1 aliphatic rings. The minimum Gasteiger partial charge on any atom is -0.340 e. The molecule has 1 atom stereocenters. The summed E-state index contributed by atoms with van der Waals surface area (Å²) in [6, 6.07) is 1.45. The van der Waals surface area contributed by atoms with Crippen LogP contribution in [0.25, 0.3) is 0 Å². The molecule has 0 saturated heterocycles. The fraction of sp³-hybridized carbons (Fsp3) is 0.286. The minimum atomic E-state index is -0.357. The molecule has 68 valence electrons. The molecule has 0 aromatic carbocycles. The molecule has 0 bridgehead atoms. The lowest BCUT2D eigenvalue weighted by atomic mass is 10.2. The van der Waals surface area contributed by atoms with Crippen molar-refractivity contribution in [1.29, 1.82) is 0 Å². The molecule has 5 nitrogen and oxygen atoms in total. The van der Waals surface area contributed by atoms with Gasteiger partial charge in [-0.05, 0) is 9.39 Å². The monoisotopic (exact) mass is 197 g/mol. The van der Waals surface area contributed by atoms with Gasteiger partial charge in [0.05, 0.1) is 10.5 Å². The Labute approximate surface area is 77.2 Å². The van der Waals surface area contributed by atoms with Crippen molar-refractivity contribution in [2.75, 3.05) is 11.2 Å². The summed E-state index contributed by atoms with van der Waals surface area (Å²) in [5, 5.41) is 10.6. The number of nitro groups is 1. The molecule has 6 heteroatoms. The van der Waals surface area contributed by atoms with Crippen LogP contribution < -0.4 is 4.67 Å². The predicted molar refractivity (Wildman–Crippen MR) is 51.7 cm³/mol. The van der Waals surface area contributed by atoms with Gasteiger partial charge in [0.1, 0.15) is 5.82 Å². The summed E-state index contributed by atoms with van der Waals surface area (Å²) >= 11 is 0. The van der Waals surface area contributed by atoms with Crippen molar-refractivity contribution in [2.45, 2.75) is 6.42 Å². The van der Waals surface area contributed by atoms with Gasteiger partial charge in [0, 0.05) is 25.2 Å². The van der Waals surface area contributed by atoms with Crippen LogP contribution >= 0.6 is 9.39 Å². The van der Waals surface area contributed by atoms with Crippen molar-refractivity contribution in [1.82, 2.24) is 4.98 Å². The molecule has 0 radical (unpaired) electrons. The normalized spacial score (nSPS) is 14.4. The third kappa shape index (κ3) is 1.25. The quantitative estimate of drug-likeness (QED) is 0.385. The number of nitrogens with zero attached hydrogens (tertiary/aromatic N) is 3. The van der Waals surface area contributed by atoms with Gasteiger partial charge in [-0.3, -0.25) is 10.1 Å². The van der Waals surface area contributed by atoms with E-state index in [-0.39, 0.29) is 10.6 Å². The molecular formula is C7H8N3O2P. The average molecular weight is 197 g/mol. The van der Waals surface area contributed by atoms with Crippen LogP contribution in [0.15, 0.2) is 12.3 Å². The van der Waals surface area contributed by atoms with E-state index in [9.17, 15) is 10.1 Å². The third-order valence-electron chi connectivity index (χ3n) is 2.08. The summed E-state index contributed by atoms with van der Waals surface area (Å²) in [6.45, 7) is 0.776. The number of rotatable bonds is 1. The first-order valence-corrected chi connectivity index (χ1v) is 4.36. The Morgan fingerprint density at radius 2 is 2.46 bits per heavy atom. The van der Waals surface area contributed by atoms with Crippen LogP contribution in [-0.2, 0) is 6.42 Å². The summed E-state index contributed by atoms with van der Waals surface area (Å²) in [6.07, 6.45) is 2.17. The molecular weight excluding hydrogens is 189 g/mol. The maximum Gasteiger partial charge on any atom is 0.277 e. The zero-order valence-corrected chi connectivity index (χ0v) is 7.96. The Bertz CT molecular complexity index is 369. The molecule has 2 rings (SSSR count). The number of hydrogen-bond acceptors (Lipinski definition) is 4. The van der Waals surface area contributed by atoms with Crippen LogP contribution in [0.1, 0.15) is 5.56 Å². The molecule has 0 aliphatic carbocycles. The number of anilines is 1. The SMILES string of the molecule is O=[N+]([O-])c1ccnc2c1CCN2P. The van der Waals surface area contributed by atoms with Crippen molar-refractivity contribution >= 4 is 20.9 Å². The summed E-state index contributed by atoms with van der Waals surface area (Å²) in [5.74, 6) is 0.708. The summed E-state index contributed by atoms with van der Waals surface area (Å²) in [5.41, 5.74) is 0.914. The van der Waals surface area contributed by atoms with Crippen molar-refractivity contribution in [3.05, 3.63) is 27.9 Å². The van der Waals surface area contributed by atoms with Crippen LogP contribution in [-0.4, -0.2) is 16.5 Å². The number of pyridine rings is 1. The smallest absolute Gasteiger partial charge is 0.277 e. The van der Waals surface area contributed by atoms with Gasteiger partial charge < -0.3 is 4.67 Å². The Morgan fingerprint density at radius 1 is 1.69 bits per heavy atom. The first-order chi connectivity index (χ1) is 6.20. The van der Waals surface area contributed by atoms with Crippen molar-refractivity contribution < 1.29 is 4.92 Å². The topological polar surface area (TPSA) is 59.3 Å². The highest BCUT2D eigenvalue weighted by atomic mass is 31.0. The van der Waals surface area contributed by atoms with Crippen LogP contribution in [0, 0.1) is 10.1 Å². The van der Waals surface area contributed by atoms with Gasteiger partial charge in [0.25, 0.3) is 5.69 Å². The molecule has 0 saturated carbocycles. The lowest BCUT2D eigenvalue weighted by Gasteiger charge is -2.08. The molecule has 0 spiro atoms. The predicted octanol–water partition coefficient (Wildman–Crippen LogP) is 1.14. The molecule has 1 aromatic heterocycles. The second kappa shape index (κ2) is 2.92. The summed E-state index contributed by atoms with van der Waals surface area (Å²) in [4.78, 5) is 14.3. The van der Waals surface area contributed by atoms with E-state index < -0.39 is 0 Å². The standard InChI is InChI=1S/C7H8N3O2P/c11-10(12)6-1-3-8-7-5(6)2-4-9(7)13/h1,3H,2,4,13H2. The van der Waals surface area contributed by atoms with E-state index in [1.807, 2.05) is 4.67 Å². The molecule has 1 aromatic rings. The molecule has 1 unspecified atom stereocenters. The molecule has 0 amide bonds.